The van der Waals surface area contributed by atoms with Crippen LogP contribution in [0, 0.1) is 0 Å². The summed E-state index contributed by atoms with van der Waals surface area (Å²) in [4.78, 5) is 62.0. The minimum Gasteiger partial charge on any atom is -0.462 e. The van der Waals surface area contributed by atoms with E-state index in [0.717, 1.165) is 75.0 Å². The van der Waals surface area contributed by atoms with Gasteiger partial charge in [0.05, 0.1) is 25.4 Å². The number of carbonyl (C=O) groups excluding carboxylic acids is 2. The topological polar surface area (TPSA) is 306 Å². The summed E-state index contributed by atoms with van der Waals surface area (Å²) in [7, 11) is -10.9. The van der Waals surface area contributed by atoms with Gasteiger partial charge in [-0.15, -0.1) is 0 Å². The Labute approximate surface area is 448 Å². The molecule has 9 atom stereocenters. The van der Waals surface area contributed by atoms with Crippen LogP contribution in [-0.2, 0) is 46.3 Å². The summed E-state index contributed by atoms with van der Waals surface area (Å²) in [6.45, 7) is 1.76. The number of rotatable bonds is 42. The number of phosphoric ester groups is 2. The molecule has 8 N–H and O–H groups in total. The Morgan fingerprint density at radius 1 is 0.711 bits per heavy atom. The molecule has 0 bridgehead atoms. The smallest absolute Gasteiger partial charge is 0.462 e. The van der Waals surface area contributed by atoms with Crippen LogP contribution < -0.4 is 11.4 Å². The van der Waals surface area contributed by atoms with Crippen LogP contribution in [0.1, 0.15) is 148 Å². The van der Waals surface area contributed by atoms with Crippen molar-refractivity contribution in [1.29, 1.82) is 0 Å². The van der Waals surface area contributed by atoms with Crippen molar-refractivity contribution in [3.8, 4) is 0 Å². The van der Waals surface area contributed by atoms with E-state index in [2.05, 4.69) is 40.5 Å². The third kappa shape index (κ3) is 33.0. The molecule has 2 unspecified atom stereocenters. The largest absolute Gasteiger partial charge is 0.481 e. The molecule has 1 aliphatic rings. The first-order chi connectivity index (χ1) is 36.5. The summed E-state index contributed by atoms with van der Waals surface area (Å²) in [5, 5.41) is 41.0. The van der Waals surface area contributed by atoms with E-state index in [-0.39, 0.29) is 25.1 Å². The number of carbonyl (C=O) groups is 2. The van der Waals surface area contributed by atoms with E-state index in [0.29, 0.717) is 25.7 Å². The lowest BCUT2D eigenvalue weighted by molar-refractivity contribution is -0.161. The highest BCUT2D eigenvalue weighted by Gasteiger charge is 2.46. The van der Waals surface area contributed by atoms with Crippen molar-refractivity contribution in [2.75, 3.05) is 25.6 Å². The van der Waals surface area contributed by atoms with Gasteiger partial charge in [0.15, 0.2) is 12.3 Å². The highest BCUT2D eigenvalue weighted by Crippen LogP contribution is 2.60. The minimum absolute atomic E-state index is 0.0745. The summed E-state index contributed by atoms with van der Waals surface area (Å²) < 4.78 is 56.7. The Kier molecular flexibility index (Phi) is 36.3. The van der Waals surface area contributed by atoms with Gasteiger partial charge < -0.3 is 50.2 Å². The molecule has 0 radical (unpaired) electrons. The van der Waals surface area contributed by atoms with Gasteiger partial charge in [-0.25, -0.2) is 13.9 Å². The van der Waals surface area contributed by atoms with Crippen LogP contribution in [0.4, 0.5) is 5.82 Å². The average molecular weight is 1110 g/mol. The number of hydrogen-bond acceptors (Lipinski definition) is 17. The zero-order chi connectivity index (χ0) is 55.9. The molecule has 0 aromatic carbocycles. The number of nitrogen functional groups attached to an aromatic ring is 1. The van der Waals surface area contributed by atoms with Crippen molar-refractivity contribution < 1.29 is 76.5 Å². The second-order valence-electron chi connectivity index (χ2n) is 18.0. The number of allylic oxidation sites excluding steroid dienone is 12. The number of nitrogens with two attached hydrogens (primary N) is 1. The molecular weight excluding hydrogens is 1020 g/mol. The first-order valence-electron chi connectivity index (χ1n) is 26.5. The lowest BCUT2D eigenvalue weighted by atomic mass is 10.1. The summed E-state index contributed by atoms with van der Waals surface area (Å²) in [6.07, 6.45) is 38.3. The number of aromatic nitrogens is 2. The SMILES string of the molecule is CC/C=C\C[C@H](O)/C=C/C=C\C=C\[C@H](O)C/C=C\C/C=C\CCC(=O)O[C@H](COC(=O)CCCCCCCCC/C=C\C/C=C\CCCCC)COP(=O)(O)OP(=O)(O)OC[C@H]1O[C@@H](n2ccc(N)nc2=O)[C@H](O)[C@@H]1O. The lowest BCUT2D eigenvalue weighted by Crippen LogP contribution is -2.36. The molecule has 2 heterocycles. The minimum atomic E-state index is -5.48. The normalized spacial score (nSPS) is 20.3. The highest BCUT2D eigenvalue weighted by molar-refractivity contribution is 7.61. The van der Waals surface area contributed by atoms with Crippen LogP contribution in [0.25, 0.3) is 0 Å². The standard InChI is InChI=1S/C54H85N3O17P2/c1-3-5-7-8-9-10-11-12-13-14-15-16-17-18-19-23-31-37-49(60)69-41-46(72-50(61)38-32-24-21-20-22-28-34-45(59)36-30-26-25-29-35-44(58)33-27-6-4-2)42-70-75(65,66)74-76(67,68)71-43-47-51(62)52(63)53(73-47)57-40-39-48(55)56-54(57)64/h6,9-10,12-13,21-22,24-30,35-36,39-40,44-47,51-53,58-59,62-63H,3-5,7-8,11,14-20,23,31-34,37-38,41-43H2,1-2H3,(H,65,66)(H,67,68)(H2,55,56,64)/b10-9-,13-12-,24-21-,26-25-,27-6-,28-22-,35-29+,36-30+/t44-,45+,46+,47+,51+,52+,53+/m0/s1. The maximum atomic E-state index is 12.9. The number of nitrogens with zero attached hydrogens (tertiary/aromatic N) is 2. The molecule has 76 heavy (non-hydrogen) atoms. The van der Waals surface area contributed by atoms with Crippen LogP contribution in [0.2, 0.25) is 0 Å². The van der Waals surface area contributed by atoms with E-state index in [1.165, 1.54) is 25.3 Å². The van der Waals surface area contributed by atoms with Gasteiger partial charge in [-0.3, -0.25) is 23.2 Å². The van der Waals surface area contributed by atoms with Crippen molar-refractivity contribution in [3.63, 3.8) is 0 Å². The van der Waals surface area contributed by atoms with Gasteiger partial charge in [-0.2, -0.15) is 9.29 Å². The number of phosphoric acid groups is 2. The van der Waals surface area contributed by atoms with Crippen molar-refractivity contribution >= 4 is 33.4 Å². The van der Waals surface area contributed by atoms with Crippen molar-refractivity contribution in [3.05, 3.63) is 120 Å². The molecule has 1 saturated heterocycles. The maximum absolute atomic E-state index is 12.9. The Bertz CT molecular complexity index is 2190. The number of hydrogen-bond donors (Lipinski definition) is 7. The van der Waals surface area contributed by atoms with Gasteiger partial charge in [-0.1, -0.05) is 156 Å². The zero-order valence-corrected chi connectivity index (χ0v) is 46.0. The molecule has 1 aromatic heterocycles. The number of aliphatic hydroxyl groups excluding tert-OH is 4. The van der Waals surface area contributed by atoms with Crippen LogP contribution in [0.5, 0.6) is 0 Å². The average Bonchev–Trinajstić information content (AvgIpc) is 3.65. The number of esters is 2. The summed E-state index contributed by atoms with van der Waals surface area (Å²) in [6, 6.07) is 1.23. The van der Waals surface area contributed by atoms with Gasteiger partial charge in [0.1, 0.15) is 30.7 Å². The third-order valence-electron chi connectivity index (χ3n) is 11.3. The Morgan fingerprint density at radius 2 is 1.28 bits per heavy atom. The molecule has 2 rings (SSSR count). The zero-order valence-electron chi connectivity index (χ0n) is 44.2. The van der Waals surface area contributed by atoms with Gasteiger partial charge in [0, 0.05) is 19.0 Å². The Balaban J connectivity index is 1.86. The first kappa shape index (κ1) is 67.7. The molecule has 20 nitrogen and oxygen atoms in total. The molecular formula is C54H85N3O17P2. The molecule has 0 spiro atoms. The summed E-state index contributed by atoms with van der Waals surface area (Å²) in [5.41, 5.74) is 4.57. The fraction of sp³-hybridized carbons (Fsp3) is 0.593. The van der Waals surface area contributed by atoms with E-state index >= 15 is 0 Å². The third-order valence-corrected chi connectivity index (χ3v) is 13.9. The molecule has 1 aromatic rings. The van der Waals surface area contributed by atoms with Crippen molar-refractivity contribution in [2.45, 2.75) is 185 Å². The molecule has 0 saturated carbocycles. The van der Waals surface area contributed by atoms with E-state index in [4.69, 9.17) is 29.0 Å². The second kappa shape index (κ2) is 40.8. The number of ether oxygens (including phenoxy) is 3. The van der Waals surface area contributed by atoms with Crippen LogP contribution in [0.3, 0.4) is 0 Å². The molecule has 0 amide bonds. The van der Waals surface area contributed by atoms with Gasteiger partial charge in [0.25, 0.3) is 0 Å². The molecule has 428 valence electrons. The van der Waals surface area contributed by atoms with E-state index in [1.807, 2.05) is 31.2 Å². The van der Waals surface area contributed by atoms with Crippen molar-refractivity contribution in [2.24, 2.45) is 0 Å². The lowest BCUT2D eigenvalue weighted by Gasteiger charge is -2.21. The van der Waals surface area contributed by atoms with Crippen molar-refractivity contribution in [1.82, 2.24) is 9.55 Å². The van der Waals surface area contributed by atoms with Crippen LogP contribution in [0.15, 0.2) is 114 Å². The Hall–Kier alpha value is -4.40. The summed E-state index contributed by atoms with van der Waals surface area (Å²) >= 11 is 0. The fourth-order valence-electron chi connectivity index (χ4n) is 7.19. The van der Waals surface area contributed by atoms with E-state index in [9.17, 15) is 53.7 Å². The predicted octanol–water partition coefficient (Wildman–Crippen LogP) is 9.16. The monoisotopic (exact) mass is 1110 g/mol. The second-order valence-corrected chi connectivity index (χ2v) is 21.1. The van der Waals surface area contributed by atoms with Crippen LogP contribution in [-0.4, -0.2) is 108 Å². The molecule has 22 heteroatoms. The van der Waals surface area contributed by atoms with E-state index in [1.54, 1.807) is 48.6 Å². The van der Waals surface area contributed by atoms with E-state index < -0.39 is 95.9 Å². The molecule has 1 aliphatic heterocycles. The first-order valence-corrected chi connectivity index (χ1v) is 29.5. The fourth-order valence-corrected chi connectivity index (χ4v) is 9.30. The van der Waals surface area contributed by atoms with Crippen LogP contribution >= 0.6 is 15.6 Å². The molecule has 1 fully saturated rings. The Morgan fingerprint density at radius 3 is 1.89 bits per heavy atom. The number of aliphatic hydroxyl groups is 4. The number of unbranched alkanes of at least 4 members (excludes halogenated alkanes) is 10. The van der Waals surface area contributed by atoms with Gasteiger partial charge in [-0.05, 0) is 76.7 Å². The predicted molar refractivity (Wildman–Crippen MR) is 291 cm³/mol. The van der Waals surface area contributed by atoms with Gasteiger partial charge >= 0.3 is 33.3 Å². The summed E-state index contributed by atoms with van der Waals surface area (Å²) in [5.74, 6) is -1.49. The molecule has 0 aliphatic carbocycles. The highest BCUT2D eigenvalue weighted by atomic mass is 31.3. The number of anilines is 1. The quantitative estimate of drug-likeness (QED) is 0.0105. The van der Waals surface area contributed by atoms with Gasteiger partial charge in [0.2, 0.25) is 0 Å². The maximum Gasteiger partial charge on any atom is 0.481 e.